The zero-order valence-electron chi connectivity index (χ0n) is 9.84. The molecule has 0 aromatic carbocycles. The lowest BCUT2D eigenvalue weighted by Gasteiger charge is -2.46. The molecule has 2 unspecified atom stereocenters. The van der Waals surface area contributed by atoms with E-state index in [-0.39, 0.29) is 0 Å². The topological polar surface area (TPSA) is 15.3 Å². The molecule has 1 saturated heterocycles. The van der Waals surface area contributed by atoms with E-state index in [1.54, 1.807) is 0 Å². The lowest BCUT2D eigenvalue weighted by atomic mass is 9.92. The molecule has 1 aliphatic heterocycles. The van der Waals surface area contributed by atoms with Gasteiger partial charge in [0.15, 0.2) is 0 Å². The molecule has 0 amide bonds. The monoisotopic (exact) mass is 196 g/mol. The molecule has 0 radical (unpaired) electrons. The molecule has 2 fully saturated rings. The Morgan fingerprint density at radius 2 is 2.07 bits per heavy atom. The van der Waals surface area contributed by atoms with E-state index >= 15 is 0 Å². The zero-order valence-corrected chi connectivity index (χ0v) is 9.84. The highest BCUT2D eigenvalue weighted by Gasteiger charge is 2.40. The van der Waals surface area contributed by atoms with E-state index in [0.29, 0.717) is 5.54 Å². The van der Waals surface area contributed by atoms with Gasteiger partial charge in [-0.1, -0.05) is 13.8 Å². The fourth-order valence-electron chi connectivity index (χ4n) is 2.52. The third kappa shape index (κ3) is 1.96. The summed E-state index contributed by atoms with van der Waals surface area (Å²) < 4.78 is 0. The van der Waals surface area contributed by atoms with Crippen LogP contribution in [0.4, 0.5) is 0 Å². The van der Waals surface area contributed by atoms with Gasteiger partial charge in [-0.3, -0.25) is 4.90 Å². The molecule has 1 aliphatic carbocycles. The van der Waals surface area contributed by atoms with Gasteiger partial charge < -0.3 is 5.32 Å². The SMILES string of the molecule is CCC1CNC(C)(CC)CN1C1CC1. The minimum Gasteiger partial charge on any atom is -0.309 e. The summed E-state index contributed by atoms with van der Waals surface area (Å²) in [6.07, 6.45) is 5.42. The summed E-state index contributed by atoms with van der Waals surface area (Å²) in [4.78, 5) is 2.76. The van der Waals surface area contributed by atoms with E-state index in [1.165, 1.54) is 38.8 Å². The molecule has 2 rings (SSSR count). The van der Waals surface area contributed by atoms with Crippen LogP contribution in [0.5, 0.6) is 0 Å². The van der Waals surface area contributed by atoms with Gasteiger partial charge in [-0.05, 0) is 32.6 Å². The van der Waals surface area contributed by atoms with Gasteiger partial charge >= 0.3 is 0 Å². The first kappa shape index (κ1) is 10.4. The van der Waals surface area contributed by atoms with E-state index in [2.05, 4.69) is 31.0 Å². The molecular formula is C12H24N2. The third-order valence-electron chi connectivity index (χ3n) is 4.03. The number of nitrogens with zero attached hydrogens (tertiary/aromatic N) is 1. The standard InChI is InChI=1S/C12H24N2/c1-4-10-8-13-12(3,5-2)9-14(10)11-6-7-11/h10-11,13H,4-9H2,1-3H3. The Morgan fingerprint density at radius 1 is 1.36 bits per heavy atom. The molecule has 82 valence electrons. The van der Waals surface area contributed by atoms with Crippen molar-refractivity contribution in [3.05, 3.63) is 0 Å². The van der Waals surface area contributed by atoms with Crippen molar-refractivity contribution in [2.24, 2.45) is 0 Å². The quantitative estimate of drug-likeness (QED) is 0.743. The van der Waals surface area contributed by atoms with Crippen molar-refractivity contribution in [1.29, 1.82) is 0 Å². The summed E-state index contributed by atoms with van der Waals surface area (Å²) >= 11 is 0. The van der Waals surface area contributed by atoms with Gasteiger partial charge in [0.05, 0.1) is 0 Å². The number of rotatable bonds is 3. The van der Waals surface area contributed by atoms with Gasteiger partial charge in [0, 0.05) is 30.7 Å². The van der Waals surface area contributed by atoms with Crippen LogP contribution in [0.15, 0.2) is 0 Å². The summed E-state index contributed by atoms with van der Waals surface area (Å²) in [6.45, 7) is 9.43. The molecule has 2 aliphatic rings. The highest BCUT2D eigenvalue weighted by Crippen LogP contribution is 2.33. The second-order valence-electron chi connectivity index (χ2n) is 5.26. The number of piperazine rings is 1. The number of hydrogen-bond donors (Lipinski definition) is 1. The van der Waals surface area contributed by atoms with Crippen LogP contribution in [0.3, 0.4) is 0 Å². The molecule has 0 spiro atoms. The summed E-state index contributed by atoms with van der Waals surface area (Å²) in [6, 6.07) is 1.72. The predicted molar refractivity (Wildman–Crippen MR) is 60.5 cm³/mol. The molecule has 0 aromatic rings. The predicted octanol–water partition coefficient (Wildman–Crippen LogP) is 2.00. The van der Waals surface area contributed by atoms with Crippen molar-refractivity contribution in [1.82, 2.24) is 10.2 Å². The Kier molecular flexibility index (Phi) is 2.85. The average Bonchev–Trinajstić information content (AvgIpc) is 3.01. The van der Waals surface area contributed by atoms with Gasteiger partial charge in [0.2, 0.25) is 0 Å². The first-order chi connectivity index (χ1) is 6.68. The summed E-state index contributed by atoms with van der Waals surface area (Å²) in [5.74, 6) is 0. The third-order valence-corrected chi connectivity index (χ3v) is 4.03. The van der Waals surface area contributed by atoms with Crippen molar-refractivity contribution in [2.45, 2.75) is 64.1 Å². The molecule has 1 N–H and O–H groups in total. The maximum absolute atomic E-state index is 3.72. The minimum absolute atomic E-state index is 0.369. The normalized spacial score (nSPS) is 40.1. The second kappa shape index (κ2) is 3.82. The highest BCUT2D eigenvalue weighted by molar-refractivity contribution is 4.99. The van der Waals surface area contributed by atoms with Crippen LogP contribution < -0.4 is 5.32 Å². The zero-order chi connectivity index (χ0) is 10.2. The number of nitrogens with one attached hydrogen (secondary N) is 1. The second-order valence-corrected chi connectivity index (χ2v) is 5.26. The van der Waals surface area contributed by atoms with Gasteiger partial charge in [-0.25, -0.2) is 0 Å². The van der Waals surface area contributed by atoms with Crippen LogP contribution >= 0.6 is 0 Å². The van der Waals surface area contributed by atoms with Crippen molar-refractivity contribution in [2.75, 3.05) is 13.1 Å². The van der Waals surface area contributed by atoms with Crippen LogP contribution in [0.25, 0.3) is 0 Å². The van der Waals surface area contributed by atoms with Crippen molar-refractivity contribution in [3.8, 4) is 0 Å². The fraction of sp³-hybridized carbons (Fsp3) is 1.00. The highest BCUT2D eigenvalue weighted by atomic mass is 15.3. The molecule has 1 heterocycles. The molecule has 14 heavy (non-hydrogen) atoms. The van der Waals surface area contributed by atoms with Crippen molar-refractivity contribution >= 4 is 0 Å². The lowest BCUT2D eigenvalue weighted by molar-refractivity contribution is 0.0750. The summed E-state index contributed by atoms with van der Waals surface area (Å²) in [5, 5.41) is 3.72. The van der Waals surface area contributed by atoms with Crippen LogP contribution in [0, 0.1) is 0 Å². The maximum atomic E-state index is 3.72. The molecule has 2 heteroatoms. The van der Waals surface area contributed by atoms with E-state index < -0.39 is 0 Å². The molecule has 2 atom stereocenters. The van der Waals surface area contributed by atoms with Gasteiger partial charge in [0.1, 0.15) is 0 Å². The van der Waals surface area contributed by atoms with Crippen LogP contribution in [-0.4, -0.2) is 35.6 Å². The summed E-state index contributed by atoms with van der Waals surface area (Å²) in [5.41, 5.74) is 0.369. The lowest BCUT2D eigenvalue weighted by Crippen LogP contribution is -2.63. The van der Waals surface area contributed by atoms with Crippen molar-refractivity contribution in [3.63, 3.8) is 0 Å². The Labute approximate surface area is 88.1 Å². The van der Waals surface area contributed by atoms with E-state index in [0.717, 1.165) is 12.1 Å². The van der Waals surface area contributed by atoms with Gasteiger partial charge in [0.25, 0.3) is 0 Å². The Hall–Kier alpha value is -0.0800. The smallest absolute Gasteiger partial charge is 0.0278 e. The van der Waals surface area contributed by atoms with Crippen LogP contribution in [0.2, 0.25) is 0 Å². The molecule has 0 bridgehead atoms. The molecule has 1 saturated carbocycles. The van der Waals surface area contributed by atoms with E-state index in [4.69, 9.17) is 0 Å². The minimum atomic E-state index is 0.369. The van der Waals surface area contributed by atoms with E-state index in [1.807, 2.05) is 0 Å². The summed E-state index contributed by atoms with van der Waals surface area (Å²) in [7, 11) is 0. The fourth-order valence-corrected chi connectivity index (χ4v) is 2.52. The molecule has 0 aromatic heterocycles. The van der Waals surface area contributed by atoms with E-state index in [9.17, 15) is 0 Å². The Balaban J connectivity index is 2.01. The van der Waals surface area contributed by atoms with Crippen LogP contribution in [0.1, 0.15) is 46.5 Å². The number of hydrogen-bond acceptors (Lipinski definition) is 2. The van der Waals surface area contributed by atoms with Crippen LogP contribution in [-0.2, 0) is 0 Å². The molecule has 2 nitrogen and oxygen atoms in total. The first-order valence-electron chi connectivity index (χ1n) is 6.19. The van der Waals surface area contributed by atoms with Gasteiger partial charge in [-0.2, -0.15) is 0 Å². The van der Waals surface area contributed by atoms with Gasteiger partial charge in [-0.15, -0.1) is 0 Å². The first-order valence-corrected chi connectivity index (χ1v) is 6.19. The maximum Gasteiger partial charge on any atom is 0.0278 e. The largest absolute Gasteiger partial charge is 0.309 e. The van der Waals surface area contributed by atoms with Crippen molar-refractivity contribution < 1.29 is 0 Å². The average molecular weight is 196 g/mol. The molecular weight excluding hydrogens is 172 g/mol. The Morgan fingerprint density at radius 3 is 2.57 bits per heavy atom. The Bertz CT molecular complexity index is 200.